The van der Waals surface area contributed by atoms with Crippen LogP contribution in [0.1, 0.15) is 55.4 Å². The summed E-state index contributed by atoms with van der Waals surface area (Å²) in [5, 5.41) is 11.8. The van der Waals surface area contributed by atoms with E-state index in [9.17, 15) is 23.9 Å². The van der Waals surface area contributed by atoms with Crippen molar-refractivity contribution in [3.05, 3.63) is 39.7 Å². The molecule has 32 heavy (non-hydrogen) atoms. The number of hydrogen-bond acceptors (Lipinski definition) is 5. The van der Waals surface area contributed by atoms with Crippen LogP contribution in [-0.2, 0) is 4.74 Å². The monoisotopic (exact) mass is 449 g/mol. The van der Waals surface area contributed by atoms with Crippen molar-refractivity contribution in [1.29, 1.82) is 0 Å². The molecule has 1 amide bonds. The van der Waals surface area contributed by atoms with Crippen LogP contribution < -0.4 is 15.6 Å². The first-order chi connectivity index (χ1) is 15.3. The predicted molar refractivity (Wildman–Crippen MR) is 113 cm³/mol. The van der Waals surface area contributed by atoms with E-state index in [1.807, 2.05) is 6.92 Å². The lowest BCUT2D eigenvalue weighted by atomic mass is 10.1. The summed E-state index contributed by atoms with van der Waals surface area (Å²) in [5.41, 5.74) is -1.79. The van der Waals surface area contributed by atoms with Gasteiger partial charge in [0, 0.05) is 25.3 Å². The number of amides is 1. The number of ether oxygens (including phenoxy) is 1. The van der Waals surface area contributed by atoms with Gasteiger partial charge in [-0.05, 0) is 31.7 Å². The van der Waals surface area contributed by atoms with Crippen molar-refractivity contribution >= 4 is 28.7 Å². The summed E-state index contributed by atoms with van der Waals surface area (Å²) in [6.45, 7) is 2.78. The zero-order chi connectivity index (χ0) is 23.0. The average molecular weight is 449 g/mol. The third-order valence-corrected chi connectivity index (χ3v) is 5.91. The van der Waals surface area contributed by atoms with Crippen LogP contribution in [0.4, 0.5) is 19.3 Å². The van der Waals surface area contributed by atoms with E-state index in [2.05, 4.69) is 5.32 Å². The van der Waals surface area contributed by atoms with E-state index in [0.717, 1.165) is 37.9 Å². The minimum Gasteiger partial charge on any atom is -0.477 e. The molecule has 1 aliphatic heterocycles. The first-order valence-corrected chi connectivity index (χ1v) is 10.8. The molecular formula is C22H25F2N3O5. The summed E-state index contributed by atoms with van der Waals surface area (Å²) < 4.78 is 37.2. The van der Waals surface area contributed by atoms with Gasteiger partial charge in [0.25, 0.3) is 0 Å². The second kappa shape index (κ2) is 8.76. The minimum atomic E-state index is -1.43. The van der Waals surface area contributed by atoms with Crippen LogP contribution in [0.5, 0.6) is 0 Å². The first kappa shape index (κ1) is 22.0. The van der Waals surface area contributed by atoms with E-state index >= 15 is 4.39 Å². The summed E-state index contributed by atoms with van der Waals surface area (Å²) in [6, 6.07) is 0.454. The van der Waals surface area contributed by atoms with Gasteiger partial charge in [-0.3, -0.25) is 4.79 Å². The maximum atomic E-state index is 15.6. The maximum absolute atomic E-state index is 15.6. The zero-order valence-electron chi connectivity index (χ0n) is 17.7. The molecule has 1 unspecified atom stereocenters. The minimum absolute atomic E-state index is 0.0886. The number of unbranched alkanes of at least 4 members (excludes halogenated alkanes) is 1. The topological polar surface area (TPSA) is 101 Å². The van der Waals surface area contributed by atoms with Crippen LogP contribution in [0, 0.1) is 11.6 Å². The van der Waals surface area contributed by atoms with E-state index in [0.29, 0.717) is 19.6 Å². The Morgan fingerprint density at radius 2 is 2.03 bits per heavy atom. The lowest BCUT2D eigenvalue weighted by molar-refractivity contribution is 0.0694. The lowest BCUT2D eigenvalue weighted by Crippen LogP contribution is -2.37. The third kappa shape index (κ3) is 4.13. The van der Waals surface area contributed by atoms with E-state index in [1.54, 1.807) is 0 Å². The van der Waals surface area contributed by atoms with Crippen LogP contribution in [-0.4, -0.2) is 47.5 Å². The molecule has 1 aliphatic carbocycles. The Labute approximate surface area is 182 Å². The van der Waals surface area contributed by atoms with Crippen molar-refractivity contribution in [2.75, 3.05) is 24.6 Å². The Balaban J connectivity index is 1.65. The summed E-state index contributed by atoms with van der Waals surface area (Å²) >= 11 is 0. The number of nitrogens with one attached hydrogen (secondary N) is 1. The number of nitrogens with zero attached hydrogens (tertiary/aromatic N) is 2. The van der Waals surface area contributed by atoms with Gasteiger partial charge in [-0.1, -0.05) is 13.3 Å². The Morgan fingerprint density at radius 1 is 1.28 bits per heavy atom. The van der Waals surface area contributed by atoms with Gasteiger partial charge in [-0.25, -0.2) is 18.4 Å². The molecule has 4 rings (SSSR count). The van der Waals surface area contributed by atoms with Gasteiger partial charge in [-0.2, -0.15) is 0 Å². The molecule has 1 saturated heterocycles. The van der Waals surface area contributed by atoms with Crippen molar-refractivity contribution in [2.45, 2.75) is 51.1 Å². The normalized spacial score (nSPS) is 18.2. The van der Waals surface area contributed by atoms with Gasteiger partial charge < -0.3 is 24.6 Å². The molecular weight excluding hydrogens is 424 g/mol. The Hall–Kier alpha value is -3.17. The first-order valence-electron chi connectivity index (χ1n) is 10.8. The van der Waals surface area contributed by atoms with Crippen LogP contribution in [0.15, 0.2) is 17.1 Å². The van der Waals surface area contributed by atoms with Crippen molar-refractivity contribution in [3.8, 4) is 0 Å². The van der Waals surface area contributed by atoms with Crippen LogP contribution in [0.25, 0.3) is 10.9 Å². The van der Waals surface area contributed by atoms with Gasteiger partial charge >= 0.3 is 12.1 Å². The lowest BCUT2D eigenvalue weighted by Gasteiger charge is -2.22. The highest BCUT2D eigenvalue weighted by atomic mass is 19.1. The van der Waals surface area contributed by atoms with Gasteiger partial charge in [0.1, 0.15) is 17.1 Å². The number of fused-ring (bicyclic) bond motifs is 1. The number of carbonyl (C=O) groups excluding carboxylic acids is 1. The summed E-state index contributed by atoms with van der Waals surface area (Å²) in [5.74, 6) is -3.27. The quantitative estimate of drug-likeness (QED) is 0.629. The number of halogens is 2. The molecule has 0 radical (unpaired) electrons. The molecule has 2 fully saturated rings. The second-order valence-electron chi connectivity index (χ2n) is 8.30. The number of alkyl carbamates (subject to hydrolysis) is 1. The van der Waals surface area contributed by atoms with Crippen molar-refractivity contribution in [2.24, 2.45) is 0 Å². The van der Waals surface area contributed by atoms with E-state index < -0.39 is 34.7 Å². The molecule has 2 heterocycles. The molecule has 1 aromatic carbocycles. The highest BCUT2D eigenvalue weighted by Crippen LogP contribution is 2.40. The number of hydrogen-bond donors (Lipinski definition) is 2. The third-order valence-electron chi connectivity index (χ3n) is 5.91. The van der Waals surface area contributed by atoms with Crippen molar-refractivity contribution in [1.82, 2.24) is 9.88 Å². The van der Waals surface area contributed by atoms with E-state index in [1.165, 1.54) is 9.47 Å². The number of rotatable bonds is 7. The fourth-order valence-corrected chi connectivity index (χ4v) is 4.11. The smallest absolute Gasteiger partial charge is 0.407 e. The molecule has 172 valence electrons. The van der Waals surface area contributed by atoms with Gasteiger partial charge in [0.2, 0.25) is 5.43 Å². The number of carbonyl (C=O) groups is 2. The molecule has 0 bridgehead atoms. The molecule has 1 saturated carbocycles. The largest absolute Gasteiger partial charge is 0.477 e. The maximum Gasteiger partial charge on any atom is 0.407 e. The van der Waals surface area contributed by atoms with Crippen molar-refractivity contribution < 1.29 is 28.2 Å². The Kier molecular flexibility index (Phi) is 6.03. The fraction of sp³-hybridized carbons (Fsp3) is 0.500. The molecule has 2 aliphatic rings. The molecule has 10 heteroatoms. The fourth-order valence-electron chi connectivity index (χ4n) is 4.11. The standard InChI is InChI=1S/C22H25F2N3O5/c1-2-3-8-32-22(31)25-12-6-7-26(10-12)19-16(23)9-14-18(17(19)24)27(13-4-5-13)11-15(20(14)28)21(29)30/h9,11-13H,2-8,10H2,1H3,(H,25,31)(H,29,30). The zero-order valence-corrected chi connectivity index (χ0v) is 17.7. The number of anilines is 1. The molecule has 8 nitrogen and oxygen atoms in total. The predicted octanol–water partition coefficient (Wildman–Crippen LogP) is 3.42. The number of pyridine rings is 1. The van der Waals surface area contributed by atoms with Crippen LogP contribution in [0.3, 0.4) is 0 Å². The molecule has 1 aromatic heterocycles. The number of aromatic nitrogens is 1. The molecule has 0 spiro atoms. The van der Waals surface area contributed by atoms with Gasteiger partial charge in [-0.15, -0.1) is 0 Å². The molecule has 2 aromatic rings. The summed E-state index contributed by atoms with van der Waals surface area (Å²) in [4.78, 5) is 37.4. The summed E-state index contributed by atoms with van der Waals surface area (Å²) in [6.07, 6.45) is 4.16. The number of aromatic carboxylic acids is 1. The van der Waals surface area contributed by atoms with E-state index in [4.69, 9.17) is 4.74 Å². The Bertz CT molecular complexity index is 1130. The molecule has 2 N–H and O–H groups in total. The number of carboxylic acid groups (broad SMARTS) is 1. The van der Waals surface area contributed by atoms with Gasteiger partial charge in [0.05, 0.1) is 23.6 Å². The van der Waals surface area contributed by atoms with Crippen LogP contribution >= 0.6 is 0 Å². The van der Waals surface area contributed by atoms with Crippen molar-refractivity contribution in [3.63, 3.8) is 0 Å². The van der Waals surface area contributed by atoms with Crippen LogP contribution in [0.2, 0.25) is 0 Å². The average Bonchev–Trinajstić information content (AvgIpc) is 3.48. The number of carboxylic acids is 1. The SMILES string of the molecule is CCCCOC(=O)NC1CCN(c2c(F)cc3c(=O)c(C(=O)O)cn(C4CC4)c3c2F)C1. The number of benzene rings is 1. The van der Waals surface area contributed by atoms with E-state index in [-0.39, 0.29) is 35.2 Å². The second-order valence-corrected chi connectivity index (χ2v) is 8.30. The van der Waals surface area contributed by atoms with Gasteiger partial charge in [0.15, 0.2) is 5.82 Å². The highest BCUT2D eigenvalue weighted by molar-refractivity contribution is 5.94. The highest BCUT2D eigenvalue weighted by Gasteiger charge is 2.33. The summed E-state index contributed by atoms with van der Waals surface area (Å²) in [7, 11) is 0. The Morgan fingerprint density at radius 3 is 2.69 bits per heavy atom. The molecule has 1 atom stereocenters.